The third-order valence-electron chi connectivity index (χ3n) is 5.20. The Morgan fingerprint density at radius 3 is 2.31 bits per heavy atom. The standard InChI is InChI=1S/C25H17BrN2O2S2/c1-16-12-13-19-22(32(29,30)18-10-6-3-7-11-18)14-20(28-24(19)23(16)26)21-15-27-25(31-21)17-8-4-2-5-9-17/h2-15H,1H3. The van der Waals surface area contributed by atoms with Crippen LogP contribution in [-0.4, -0.2) is 18.4 Å². The highest BCUT2D eigenvalue weighted by atomic mass is 79.9. The lowest BCUT2D eigenvalue weighted by molar-refractivity contribution is 0.597. The van der Waals surface area contributed by atoms with Gasteiger partial charge in [-0.1, -0.05) is 60.7 Å². The molecule has 0 fully saturated rings. The van der Waals surface area contributed by atoms with Crippen LogP contribution in [0, 0.1) is 6.92 Å². The Bertz CT molecular complexity index is 1550. The summed E-state index contributed by atoms with van der Waals surface area (Å²) < 4.78 is 28.0. The first-order valence-corrected chi connectivity index (χ1v) is 13.0. The van der Waals surface area contributed by atoms with Gasteiger partial charge in [0.15, 0.2) is 0 Å². The molecule has 0 atom stereocenters. The van der Waals surface area contributed by atoms with Crippen LogP contribution in [0.3, 0.4) is 0 Å². The molecule has 5 rings (SSSR count). The lowest BCUT2D eigenvalue weighted by atomic mass is 10.1. The number of rotatable bonds is 4. The van der Waals surface area contributed by atoms with E-state index >= 15 is 0 Å². The first kappa shape index (κ1) is 21.0. The summed E-state index contributed by atoms with van der Waals surface area (Å²) in [5.41, 5.74) is 3.20. The fraction of sp³-hybridized carbons (Fsp3) is 0.0400. The molecule has 4 nitrogen and oxygen atoms in total. The van der Waals surface area contributed by atoms with Crippen molar-refractivity contribution in [1.29, 1.82) is 0 Å². The molecule has 0 bridgehead atoms. The topological polar surface area (TPSA) is 59.9 Å². The van der Waals surface area contributed by atoms with Crippen LogP contribution in [0.15, 0.2) is 99.3 Å². The van der Waals surface area contributed by atoms with Gasteiger partial charge < -0.3 is 0 Å². The monoisotopic (exact) mass is 520 g/mol. The highest BCUT2D eigenvalue weighted by Gasteiger charge is 2.24. The Kier molecular flexibility index (Phi) is 5.41. The van der Waals surface area contributed by atoms with Gasteiger partial charge in [0.2, 0.25) is 9.84 Å². The van der Waals surface area contributed by atoms with Gasteiger partial charge in [0.1, 0.15) is 5.01 Å². The van der Waals surface area contributed by atoms with Crippen LogP contribution >= 0.6 is 27.3 Å². The summed E-state index contributed by atoms with van der Waals surface area (Å²) in [4.78, 5) is 10.7. The van der Waals surface area contributed by atoms with Crippen molar-refractivity contribution in [2.45, 2.75) is 16.7 Å². The van der Waals surface area contributed by atoms with E-state index < -0.39 is 9.84 Å². The third-order valence-corrected chi connectivity index (χ3v) is 9.08. The van der Waals surface area contributed by atoms with Crippen LogP contribution in [0.5, 0.6) is 0 Å². The number of halogens is 1. The Hall–Kier alpha value is -2.87. The summed E-state index contributed by atoms with van der Waals surface area (Å²) in [5.74, 6) is 0. The molecule has 0 saturated heterocycles. The number of hydrogen-bond acceptors (Lipinski definition) is 5. The lowest BCUT2D eigenvalue weighted by Gasteiger charge is -2.12. The maximum Gasteiger partial charge on any atom is 0.207 e. The van der Waals surface area contributed by atoms with E-state index in [1.807, 2.05) is 49.4 Å². The van der Waals surface area contributed by atoms with E-state index in [1.54, 1.807) is 42.6 Å². The van der Waals surface area contributed by atoms with E-state index in [0.717, 1.165) is 25.5 Å². The smallest absolute Gasteiger partial charge is 0.207 e. The second-order valence-electron chi connectivity index (χ2n) is 7.31. The Labute approximate surface area is 198 Å². The van der Waals surface area contributed by atoms with Crippen molar-refractivity contribution in [3.05, 3.63) is 95.1 Å². The third kappa shape index (κ3) is 3.66. The molecule has 2 aromatic heterocycles. The molecule has 0 aliphatic carbocycles. The molecule has 7 heteroatoms. The minimum absolute atomic E-state index is 0.235. The molecule has 2 heterocycles. The van der Waals surface area contributed by atoms with Crippen molar-refractivity contribution in [2.75, 3.05) is 0 Å². The molecular weight excluding hydrogens is 504 g/mol. The second kappa shape index (κ2) is 8.24. The van der Waals surface area contributed by atoms with Crippen molar-refractivity contribution in [1.82, 2.24) is 9.97 Å². The number of fused-ring (bicyclic) bond motifs is 1. The molecule has 0 aliphatic rings. The summed E-state index contributed by atoms with van der Waals surface area (Å²) in [6.07, 6.45) is 1.75. The summed E-state index contributed by atoms with van der Waals surface area (Å²) >= 11 is 5.11. The van der Waals surface area contributed by atoms with Gasteiger partial charge >= 0.3 is 0 Å². The summed E-state index contributed by atoms with van der Waals surface area (Å²) in [6, 6.07) is 23.8. The van der Waals surface area contributed by atoms with Crippen LogP contribution in [0.1, 0.15) is 5.56 Å². The largest absolute Gasteiger partial charge is 0.246 e. The van der Waals surface area contributed by atoms with E-state index in [1.165, 1.54) is 11.3 Å². The SMILES string of the molecule is Cc1ccc2c(S(=O)(=O)c3ccccc3)cc(-c3cnc(-c4ccccc4)s3)nc2c1Br. The van der Waals surface area contributed by atoms with Gasteiger partial charge in [-0.15, -0.1) is 11.3 Å². The van der Waals surface area contributed by atoms with Gasteiger partial charge in [0, 0.05) is 21.6 Å². The fourth-order valence-electron chi connectivity index (χ4n) is 3.51. The van der Waals surface area contributed by atoms with Crippen LogP contribution in [0.25, 0.3) is 32.0 Å². The molecule has 0 spiro atoms. The van der Waals surface area contributed by atoms with Crippen LogP contribution in [-0.2, 0) is 9.84 Å². The van der Waals surface area contributed by atoms with Gasteiger partial charge in [0.25, 0.3) is 0 Å². The van der Waals surface area contributed by atoms with E-state index in [4.69, 9.17) is 4.98 Å². The van der Waals surface area contributed by atoms with E-state index in [2.05, 4.69) is 20.9 Å². The summed E-state index contributed by atoms with van der Waals surface area (Å²) in [5, 5.41) is 1.45. The first-order valence-electron chi connectivity index (χ1n) is 9.87. The molecule has 5 aromatic rings. The molecule has 3 aromatic carbocycles. The van der Waals surface area contributed by atoms with Crippen molar-refractivity contribution in [3.63, 3.8) is 0 Å². The van der Waals surface area contributed by atoms with E-state index in [-0.39, 0.29) is 9.79 Å². The average molecular weight is 521 g/mol. The Morgan fingerprint density at radius 2 is 1.59 bits per heavy atom. The lowest BCUT2D eigenvalue weighted by Crippen LogP contribution is -2.04. The van der Waals surface area contributed by atoms with Gasteiger partial charge in [-0.3, -0.25) is 0 Å². The predicted molar refractivity (Wildman–Crippen MR) is 133 cm³/mol. The second-order valence-corrected chi connectivity index (χ2v) is 11.1. The molecule has 0 amide bonds. The summed E-state index contributed by atoms with van der Waals surface area (Å²) in [6.45, 7) is 1.96. The van der Waals surface area contributed by atoms with Gasteiger partial charge in [-0.05, 0) is 46.6 Å². The number of thiazole rings is 1. The number of benzene rings is 3. The van der Waals surface area contributed by atoms with Crippen molar-refractivity contribution >= 4 is 48.0 Å². The molecule has 32 heavy (non-hydrogen) atoms. The maximum absolute atomic E-state index is 13.6. The molecule has 158 valence electrons. The average Bonchev–Trinajstić information content (AvgIpc) is 3.32. The number of aryl methyl sites for hydroxylation is 1. The normalized spacial score (nSPS) is 11.7. The van der Waals surface area contributed by atoms with Crippen molar-refractivity contribution < 1.29 is 8.42 Å². The molecule has 0 aliphatic heterocycles. The van der Waals surface area contributed by atoms with Crippen LogP contribution < -0.4 is 0 Å². The highest BCUT2D eigenvalue weighted by molar-refractivity contribution is 9.10. The number of hydrogen-bond donors (Lipinski definition) is 0. The maximum atomic E-state index is 13.6. The van der Waals surface area contributed by atoms with Crippen molar-refractivity contribution in [2.24, 2.45) is 0 Å². The molecule has 0 radical (unpaired) electrons. The minimum Gasteiger partial charge on any atom is -0.246 e. The van der Waals surface area contributed by atoms with Gasteiger partial charge in [-0.2, -0.15) is 0 Å². The quantitative estimate of drug-likeness (QED) is 0.257. The molecule has 0 saturated carbocycles. The number of sulfone groups is 1. The zero-order valence-corrected chi connectivity index (χ0v) is 20.2. The molecular formula is C25H17BrN2O2S2. The zero-order valence-electron chi connectivity index (χ0n) is 17.0. The fourth-order valence-corrected chi connectivity index (χ4v) is 6.32. The number of pyridine rings is 1. The van der Waals surface area contributed by atoms with Gasteiger partial charge in [-0.25, -0.2) is 18.4 Å². The molecule has 0 N–H and O–H groups in total. The van der Waals surface area contributed by atoms with Crippen molar-refractivity contribution in [3.8, 4) is 21.1 Å². The highest BCUT2D eigenvalue weighted by Crippen LogP contribution is 2.38. The minimum atomic E-state index is -3.75. The van der Waals surface area contributed by atoms with Crippen LogP contribution in [0.2, 0.25) is 0 Å². The number of aromatic nitrogens is 2. The Balaban J connectivity index is 1.75. The van der Waals surface area contributed by atoms with Gasteiger partial charge in [0.05, 0.1) is 25.9 Å². The number of nitrogens with zero attached hydrogens (tertiary/aromatic N) is 2. The first-order chi connectivity index (χ1) is 15.4. The Morgan fingerprint density at radius 1 is 0.906 bits per heavy atom. The zero-order chi connectivity index (χ0) is 22.3. The van der Waals surface area contributed by atoms with Crippen LogP contribution in [0.4, 0.5) is 0 Å². The van der Waals surface area contributed by atoms with E-state index in [0.29, 0.717) is 16.6 Å². The molecule has 0 unspecified atom stereocenters. The van der Waals surface area contributed by atoms with E-state index in [9.17, 15) is 8.42 Å². The predicted octanol–water partition coefficient (Wildman–Crippen LogP) is 6.93. The summed E-state index contributed by atoms with van der Waals surface area (Å²) in [7, 11) is -3.75.